The minimum atomic E-state index is -4.37. The van der Waals surface area contributed by atoms with Crippen molar-refractivity contribution in [3.63, 3.8) is 0 Å². The second-order valence-electron chi connectivity index (χ2n) is 9.20. The Labute approximate surface area is 234 Å². The minimum absolute atomic E-state index is 0.0178. The molecule has 0 radical (unpaired) electrons. The molecule has 0 aliphatic carbocycles. The topological polar surface area (TPSA) is 113 Å². The first-order valence-corrected chi connectivity index (χ1v) is 14.8. The zero-order valence-corrected chi connectivity index (χ0v) is 23.2. The number of rotatable bonds is 14. The van der Waals surface area contributed by atoms with Gasteiger partial charge in [0, 0.05) is 29.9 Å². The molecule has 8 nitrogen and oxygen atoms in total. The average molecular weight is 598 g/mol. The molecule has 4 N–H and O–H groups in total. The number of halogens is 3. The van der Waals surface area contributed by atoms with Crippen LogP contribution in [0.5, 0.6) is 5.75 Å². The highest BCUT2D eigenvalue weighted by Gasteiger charge is 2.27. The van der Waals surface area contributed by atoms with Gasteiger partial charge in [0.05, 0.1) is 18.2 Å². The number of thiophene rings is 1. The molecule has 2 atom stereocenters. The Morgan fingerprint density at radius 2 is 1.90 bits per heavy atom. The van der Waals surface area contributed by atoms with E-state index >= 15 is 0 Å². The molecule has 0 bridgehead atoms. The summed E-state index contributed by atoms with van der Waals surface area (Å²) in [4.78, 5) is 3.17. The van der Waals surface area contributed by atoms with E-state index in [4.69, 9.17) is 4.74 Å². The number of aromatic amines is 1. The Hall–Kier alpha value is -3.10. The van der Waals surface area contributed by atoms with Crippen LogP contribution in [0.25, 0.3) is 10.9 Å². The van der Waals surface area contributed by atoms with Gasteiger partial charge in [-0.3, -0.25) is 4.72 Å². The van der Waals surface area contributed by atoms with Crippen molar-refractivity contribution in [2.45, 2.75) is 35.9 Å². The summed E-state index contributed by atoms with van der Waals surface area (Å²) in [6.07, 6.45) is -2.75. The molecule has 0 aliphatic heterocycles. The lowest BCUT2D eigenvalue weighted by Crippen LogP contribution is -2.32. The summed E-state index contributed by atoms with van der Waals surface area (Å²) in [6.45, 7) is 0.714. The van der Waals surface area contributed by atoms with Gasteiger partial charge < -0.3 is 24.9 Å². The lowest BCUT2D eigenvalue weighted by atomic mass is 10.0. The van der Waals surface area contributed by atoms with E-state index in [1.165, 1.54) is 6.07 Å². The number of anilines is 1. The molecule has 13 heteroatoms. The second-order valence-corrected chi connectivity index (χ2v) is 12.1. The van der Waals surface area contributed by atoms with Crippen molar-refractivity contribution in [1.29, 1.82) is 0 Å². The summed E-state index contributed by atoms with van der Waals surface area (Å²) in [5, 5.41) is 16.7. The standard InChI is InChI=1S/C27H30F3N3O5S2/c1-18(13-20-15-32-26-22(20)7-3-8-24(26)38-11-10-37-17-27(28,29)30)31-16-23(34)19-5-2-6-21(14-19)33-40(35,36)25-9-4-12-39-25/h2-9,12,14-15,18,23,31-34H,10-11,13,16-17H2,1H3. The number of ether oxygens (including phenoxy) is 2. The van der Waals surface area contributed by atoms with Crippen LogP contribution in [0.15, 0.2) is 70.4 Å². The smallest absolute Gasteiger partial charge is 0.411 e. The number of sulfonamides is 1. The van der Waals surface area contributed by atoms with Gasteiger partial charge in [0.15, 0.2) is 0 Å². The fourth-order valence-electron chi connectivity index (χ4n) is 4.14. The third-order valence-electron chi connectivity index (χ3n) is 5.98. The quantitative estimate of drug-likeness (QED) is 0.148. The number of benzene rings is 2. The molecule has 0 fully saturated rings. The maximum Gasteiger partial charge on any atom is 0.411 e. The molecule has 4 rings (SSSR count). The van der Waals surface area contributed by atoms with E-state index < -0.39 is 28.9 Å². The van der Waals surface area contributed by atoms with Crippen LogP contribution < -0.4 is 14.8 Å². The molecule has 216 valence electrons. The van der Waals surface area contributed by atoms with Gasteiger partial charge in [0.2, 0.25) is 0 Å². The maximum absolute atomic E-state index is 12.5. The van der Waals surface area contributed by atoms with E-state index in [2.05, 4.69) is 19.8 Å². The molecule has 0 saturated heterocycles. The number of aliphatic hydroxyl groups excluding tert-OH is 1. The van der Waals surface area contributed by atoms with E-state index in [-0.39, 0.29) is 30.0 Å². The Morgan fingerprint density at radius 3 is 2.65 bits per heavy atom. The monoisotopic (exact) mass is 597 g/mol. The number of H-pyrrole nitrogens is 1. The zero-order chi connectivity index (χ0) is 28.8. The number of aromatic nitrogens is 1. The van der Waals surface area contributed by atoms with Gasteiger partial charge in [-0.2, -0.15) is 13.2 Å². The Bertz CT molecular complexity index is 1490. The first kappa shape index (κ1) is 29.9. The van der Waals surface area contributed by atoms with E-state index in [0.29, 0.717) is 23.4 Å². The average Bonchev–Trinajstić information content (AvgIpc) is 3.58. The molecular formula is C27H30F3N3O5S2. The van der Waals surface area contributed by atoms with Crippen molar-refractivity contribution in [3.05, 3.63) is 77.3 Å². The number of hydrogen-bond donors (Lipinski definition) is 4. The highest BCUT2D eigenvalue weighted by molar-refractivity contribution is 7.94. The predicted octanol–water partition coefficient (Wildman–Crippen LogP) is 5.24. The van der Waals surface area contributed by atoms with Crippen LogP contribution in [-0.2, 0) is 21.2 Å². The predicted molar refractivity (Wildman–Crippen MR) is 148 cm³/mol. The van der Waals surface area contributed by atoms with Gasteiger partial charge in [-0.15, -0.1) is 11.3 Å². The van der Waals surface area contributed by atoms with Crippen LogP contribution in [-0.4, -0.2) is 57.1 Å². The maximum atomic E-state index is 12.5. The van der Waals surface area contributed by atoms with Crippen molar-refractivity contribution in [2.75, 3.05) is 31.1 Å². The highest BCUT2D eigenvalue weighted by Crippen LogP contribution is 2.28. The van der Waals surface area contributed by atoms with Crippen molar-refractivity contribution < 1.29 is 36.2 Å². The molecule has 0 saturated carbocycles. The van der Waals surface area contributed by atoms with E-state index in [1.807, 2.05) is 25.3 Å². The molecule has 2 heterocycles. The normalized spacial score (nSPS) is 13.8. The molecule has 40 heavy (non-hydrogen) atoms. The molecule has 0 aliphatic rings. The summed E-state index contributed by atoms with van der Waals surface area (Å²) in [5.41, 5.74) is 2.68. The fourth-order valence-corrected chi connectivity index (χ4v) is 6.18. The van der Waals surface area contributed by atoms with Crippen molar-refractivity contribution in [3.8, 4) is 5.75 Å². The first-order valence-electron chi connectivity index (χ1n) is 12.5. The summed E-state index contributed by atoms with van der Waals surface area (Å²) in [6, 6.07) is 15.3. The second kappa shape index (κ2) is 13.0. The number of aliphatic hydroxyl groups is 1. The van der Waals surface area contributed by atoms with E-state index in [9.17, 15) is 26.7 Å². The lowest BCUT2D eigenvalue weighted by Gasteiger charge is -2.18. The van der Waals surface area contributed by atoms with E-state index in [0.717, 1.165) is 27.8 Å². The van der Waals surface area contributed by atoms with Crippen LogP contribution >= 0.6 is 11.3 Å². The number of nitrogens with one attached hydrogen (secondary N) is 3. The third-order valence-corrected chi connectivity index (χ3v) is 8.76. The van der Waals surface area contributed by atoms with Gasteiger partial charge in [-0.05, 0) is 54.1 Å². The highest BCUT2D eigenvalue weighted by atomic mass is 32.2. The molecular weight excluding hydrogens is 567 g/mol. The number of fused-ring (bicyclic) bond motifs is 1. The van der Waals surface area contributed by atoms with Gasteiger partial charge in [0.25, 0.3) is 10.0 Å². The van der Waals surface area contributed by atoms with Gasteiger partial charge in [-0.25, -0.2) is 8.42 Å². The van der Waals surface area contributed by atoms with Crippen molar-refractivity contribution >= 4 is 38.0 Å². The lowest BCUT2D eigenvalue weighted by molar-refractivity contribution is -0.175. The van der Waals surface area contributed by atoms with Crippen LogP contribution in [0.4, 0.5) is 18.9 Å². The summed E-state index contributed by atoms with van der Waals surface area (Å²) >= 11 is 1.12. The zero-order valence-electron chi connectivity index (χ0n) is 21.6. The molecule has 0 spiro atoms. The molecule has 2 aromatic heterocycles. The van der Waals surface area contributed by atoms with Gasteiger partial charge in [-0.1, -0.05) is 30.3 Å². The summed E-state index contributed by atoms with van der Waals surface area (Å²) < 4.78 is 74.6. The molecule has 4 aromatic rings. The van der Waals surface area contributed by atoms with Crippen LogP contribution in [0, 0.1) is 0 Å². The van der Waals surface area contributed by atoms with E-state index in [1.54, 1.807) is 41.8 Å². The van der Waals surface area contributed by atoms with Gasteiger partial charge in [0.1, 0.15) is 23.2 Å². The fraction of sp³-hybridized carbons (Fsp3) is 0.333. The number of alkyl halides is 3. The van der Waals surface area contributed by atoms with Crippen molar-refractivity contribution in [1.82, 2.24) is 10.3 Å². The number of hydrogen-bond acceptors (Lipinski definition) is 7. The van der Waals surface area contributed by atoms with Crippen molar-refractivity contribution in [2.24, 2.45) is 0 Å². The number of para-hydroxylation sites is 1. The molecule has 2 aromatic carbocycles. The largest absolute Gasteiger partial charge is 0.489 e. The Morgan fingerprint density at radius 1 is 1.10 bits per heavy atom. The Kier molecular flexibility index (Phi) is 9.74. The summed E-state index contributed by atoms with van der Waals surface area (Å²) in [7, 11) is -3.69. The van der Waals surface area contributed by atoms with Crippen LogP contribution in [0.1, 0.15) is 24.2 Å². The molecule has 0 amide bonds. The summed E-state index contributed by atoms with van der Waals surface area (Å²) in [5.74, 6) is 0.518. The first-order chi connectivity index (χ1) is 19.0. The van der Waals surface area contributed by atoms with Crippen LogP contribution in [0.2, 0.25) is 0 Å². The SMILES string of the molecule is CC(Cc1c[nH]c2c(OCCOCC(F)(F)F)cccc12)NCC(O)c1cccc(NS(=O)(=O)c2cccs2)c1. The minimum Gasteiger partial charge on any atom is -0.489 e. The van der Waals surface area contributed by atoms with Gasteiger partial charge >= 0.3 is 6.18 Å². The molecule has 2 unspecified atom stereocenters. The van der Waals surface area contributed by atoms with Crippen LogP contribution in [0.3, 0.4) is 0 Å². The third kappa shape index (κ3) is 8.21. The Balaban J connectivity index is 1.30.